The maximum Gasteiger partial charge on any atom is 0.235 e. The maximum atomic E-state index is 13.5. The van der Waals surface area contributed by atoms with Crippen molar-refractivity contribution in [3.8, 4) is 5.75 Å². The third-order valence-electron chi connectivity index (χ3n) is 5.51. The number of methoxy groups -OCH3 is 1. The van der Waals surface area contributed by atoms with Gasteiger partial charge in [-0.05, 0) is 37.5 Å². The Labute approximate surface area is 170 Å². The van der Waals surface area contributed by atoms with Crippen molar-refractivity contribution in [1.29, 1.82) is 0 Å². The maximum absolute atomic E-state index is 13.5. The van der Waals surface area contributed by atoms with E-state index in [4.69, 9.17) is 4.74 Å². The summed E-state index contributed by atoms with van der Waals surface area (Å²) in [7, 11) is -1.91. The number of hydrogen-bond acceptors (Lipinski definition) is 4. The van der Waals surface area contributed by atoms with Crippen molar-refractivity contribution in [2.75, 3.05) is 31.3 Å². The molecule has 0 radical (unpaired) electrons. The summed E-state index contributed by atoms with van der Waals surface area (Å²) in [5.41, 5.74) is 0.311. The quantitative estimate of drug-likeness (QED) is 0.779. The molecule has 1 heterocycles. The zero-order valence-corrected chi connectivity index (χ0v) is 17.3. The van der Waals surface area contributed by atoms with E-state index in [-0.39, 0.29) is 30.5 Å². The topological polar surface area (TPSA) is 75.7 Å². The molecule has 1 fully saturated rings. The van der Waals surface area contributed by atoms with Gasteiger partial charge in [0, 0.05) is 19.2 Å². The number of hydrogen-bond donors (Lipinski definition) is 1. The van der Waals surface area contributed by atoms with Crippen LogP contribution in [0.4, 0.5) is 10.1 Å². The van der Waals surface area contributed by atoms with Crippen molar-refractivity contribution in [1.82, 2.24) is 4.31 Å². The van der Waals surface area contributed by atoms with E-state index in [9.17, 15) is 17.6 Å². The van der Waals surface area contributed by atoms with Crippen molar-refractivity contribution in [2.24, 2.45) is 0 Å². The van der Waals surface area contributed by atoms with Gasteiger partial charge < -0.3 is 10.1 Å². The summed E-state index contributed by atoms with van der Waals surface area (Å²) in [4.78, 5) is 13.4. The molecule has 0 aromatic heterocycles. The van der Waals surface area contributed by atoms with Gasteiger partial charge >= 0.3 is 0 Å². The molecule has 2 aromatic rings. The van der Waals surface area contributed by atoms with Crippen LogP contribution in [0.1, 0.15) is 25.3 Å². The average Bonchev–Trinajstić information content (AvgIpc) is 2.75. The van der Waals surface area contributed by atoms with Gasteiger partial charge in [-0.25, -0.2) is 17.1 Å². The number of ether oxygens (including phenoxy) is 1. The first-order valence-corrected chi connectivity index (χ1v) is 11.1. The number of nitrogens with one attached hydrogen (secondary N) is 1. The number of benzene rings is 2. The number of anilines is 1. The predicted molar refractivity (Wildman–Crippen MR) is 110 cm³/mol. The largest absolute Gasteiger partial charge is 0.494 e. The number of halogens is 1. The molecule has 29 heavy (non-hydrogen) atoms. The summed E-state index contributed by atoms with van der Waals surface area (Å²) in [6, 6.07) is 13.3. The zero-order valence-electron chi connectivity index (χ0n) is 16.5. The highest BCUT2D eigenvalue weighted by atomic mass is 32.2. The number of carbonyl (C=O) groups is 1. The summed E-state index contributed by atoms with van der Waals surface area (Å²) < 4.78 is 44.6. The molecule has 0 saturated carbocycles. The number of rotatable bonds is 6. The lowest BCUT2D eigenvalue weighted by atomic mass is 9.72. The molecule has 0 spiro atoms. The molecule has 1 N–H and O–H groups in total. The second-order valence-electron chi connectivity index (χ2n) is 7.05. The summed E-state index contributed by atoms with van der Waals surface area (Å²) in [6.45, 7) is 2.14. The Morgan fingerprint density at radius 3 is 2.41 bits per heavy atom. The number of nitrogens with zero attached hydrogens (tertiary/aromatic N) is 1. The summed E-state index contributed by atoms with van der Waals surface area (Å²) >= 11 is 0. The normalized spacial score (nSPS) is 16.9. The van der Waals surface area contributed by atoms with E-state index in [2.05, 4.69) is 5.32 Å². The Kier molecular flexibility index (Phi) is 6.24. The van der Waals surface area contributed by atoms with Crippen LogP contribution in [0, 0.1) is 5.82 Å². The Balaban J connectivity index is 1.93. The van der Waals surface area contributed by atoms with Crippen LogP contribution in [0.3, 0.4) is 0 Å². The standard InChI is InChI=1S/C21H25FN2O4S/c1-3-29(26,27)24-13-11-21(12-14-24,16-7-5-4-6-8-16)20(25)23-18-10-9-17(22)15-19(18)28-2/h4-10,15H,3,11-14H2,1-2H3,(H,23,25). The van der Waals surface area contributed by atoms with Gasteiger partial charge in [0.25, 0.3) is 0 Å². The van der Waals surface area contributed by atoms with Crippen molar-refractivity contribution in [3.05, 3.63) is 59.9 Å². The Hall–Kier alpha value is -2.45. The van der Waals surface area contributed by atoms with E-state index in [1.807, 2.05) is 30.3 Å². The molecule has 1 aliphatic rings. The van der Waals surface area contributed by atoms with Crippen LogP contribution in [0.15, 0.2) is 48.5 Å². The zero-order chi connectivity index (χ0) is 21.1. The minimum absolute atomic E-state index is 0.0321. The lowest BCUT2D eigenvalue weighted by Crippen LogP contribution is -2.51. The smallest absolute Gasteiger partial charge is 0.235 e. The van der Waals surface area contributed by atoms with E-state index >= 15 is 0 Å². The van der Waals surface area contributed by atoms with Gasteiger partial charge in [0.1, 0.15) is 11.6 Å². The predicted octanol–water partition coefficient (Wildman–Crippen LogP) is 3.16. The lowest BCUT2D eigenvalue weighted by molar-refractivity contribution is -0.123. The Bertz CT molecular complexity index is 971. The minimum atomic E-state index is -3.31. The van der Waals surface area contributed by atoms with Crippen molar-refractivity contribution >= 4 is 21.6 Å². The van der Waals surface area contributed by atoms with Crippen LogP contribution in [0.25, 0.3) is 0 Å². The van der Waals surface area contributed by atoms with Crippen LogP contribution >= 0.6 is 0 Å². The molecule has 0 bridgehead atoms. The second-order valence-corrected chi connectivity index (χ2v) is 9.30. The highest BCUT2D eigenvalue weighted by Gasteiger charge is 2.44. The molecule has 0 aliphatic carbocycles. The van der Waals surface area contributed by atoms with Gasteiger partial charge in [-0.15, -0.1) is 0 Å². The molecule has 3 rings (SSSR count). The average molecular weight is 421 g/mol. The molecule has 2 aromatic carbocycles. The van der Waals surface area contributed by atoms with E-state index in [1.54, 1.807) is 6.92 Å². The fraction of sp³-hybridized carbons (Fsp3) is 0.381. The summed E-state index contributed by atoms with van der Waals surface area (Å²) in [5.74, 6) is -0.463. The Morgan fingerprint density at radius 1 is 1.17 bits per heavy atom. The summed E-state index contributed by atoms with van der Waals surface area (Å²) in [5, 5.41) is 2.87. The van der Waals surface area contributed by atoms with E-state index in [1.165, 1.54) is 29.6 Å². The first kappa shape index (κ1) is 21.3. The third-order valence-corrected chi connectivity index (χ3v) is 7.39. The molecule has 0 unspecified atom stereocenters. The van der Waals surface area contributed by atoms with Gasteiger partial charge in [0.15, 0.2) is 0 Å². The first-order valence-electron chi connectivity index (χ1n) is 9.51. The number of amides is 1. The summed E-state index contributed by atoms with van der Waals surface area (Å²) in [6.07, 6.45) is 0.706. The van der Waals surface area contributed by atoms with Gasteiger partial charge in [-0.3, -0.25) is 4.79 Å². The first-order chi connectivity index (χ1) is 13.8. The second kappa shape index (κ2) is 8.51. The number of sulfonamides is 1. The minimum Gasteiger partial charge on any atom is -0.494 e. The van der Waals surface area contributed by atoms with Crippen LogP contribution in [-0.2, 0) is 20.2 Å². The fourth-order valence-electron chi connectivity index (χ4n) is 3.74. The molecule has 0 atom stereocenters. The number of piperidine rings is 1. The number of carbonyl (C=O) groups excluding carboxylic acids is 1. The van der Waals surface area contributed by atoms with E-state index in [0.29, 0.717) is 18.5 Å². The van der Waals surface area contributed by atoms with Gasteiger partial charge in [-0.2, -0.15) is 0 Å². The van der Waals surface area contributed by atoms with E-state index < -0.39 is 21.3 Å². The molecule has 8 heteroatoms. The highest BCUT2D eigenvalue weighted by molar-refractivity contribution is 7.89. The molecular weight excluding hydrogens is 395 g/mol. The van der Waals surface area contributed by atoms with Crippen LogP contribution in [-0.4, -0.2) is 44.6 Å². The third kappa shape index (κ3) is 4.28. The Morgan fingerprint density at radius 2 is 1.83 bits per heavy atom. The highest BCUT2D eigenvalue weighted by Crippen LogP contribution is 2.38. The lowest BCUT2D eigenvalue weighted by Gasteiger charge is -2.40. The van der Waals surface area contributed by atoms with Gasteiger partial charge in [-0.1, -0.05) is 30.3 Å². The van der Waals surface area contributed by atoms with Crippen molar-refractivity contribution in [2.45, 2.75) is 25.2 Å². The van der Waals surface area contributed by atoms with Crippen LogP contribution in [0.5, 0.6) is 5.75 Å². The van der Waals surface area contributed by atoms with Crippen molar-refractivity contribution < 1.29 is 22.3 Å². The van der Waals surface area contributed by atoms with Crippen molar-refractivity contribution in [3.63, 3.8) is 0 Å². The fourth-order valence-corrected chi connectivity index (χ4v) is 4.85. The van der Waals surface area contributed by atoms with Gasteiger partial charge in [0.2, 0.25) is 15.9 Å². The van der Waals surface area contributed by atoms with Crippen LogP contribution in [0.2, 0.25) is 0 Å². The van der Waals surface area contributed by atoms with E-state index in [0.717, 1.165) is 5.56 Å². The molecule has 6 nitrogen and oxygen atoms in total. The monoisotopic (exact) mass is 420 g/mol. The molecular formula is C21H25FN2O4S. The molecule has 1 amide bonds. The molecule has 1 aliphatic heterocycles. The van der Waals surface area contributed by atoms with Crippen LogP contribution < -0.4 is 10.1 Å². The molecule has 1 saturated heterocycles. The van der Waals surface area contributed by atoms with Gasteiger partial charge in [0.05, 0.1) is 24.0 Å². The molecule has 156 valence electrons. The SMILES string of the molecule is CCS(=O)(=O)N1CCC(C(=O)Nc2ccc(F)cc2OC)(c2ccccc2)CC1.